The van der Waals surface area contributed by atoms with Crippen LogP contribution in [0.4, 0.5) is 4.79 Å². The second-order valence-corrected chi connectivity index (χ2v) is 5.42. The highest BCUT2D eigenvalue weighted by atomic mass is 32.2. The third kappa shape index (κ3) is 3.40. The van der Waals surface area contributed by atoms with Crippen LogP contribution in [0.5, 0.6) is 0 Å². The molecule has 0 spiro atoms. The number of aromatic nitrogens is 2. The highest BCUT2D eigenvalue weighted by molar-refractivity contribution is 7.99. The number of thioether (sulfide) groups is 1. The number of carbonyl (C=O) groups excluding carboxylic acids is 2. The maximum absolute atomic E-state index is 12.3. The van der Waals surface area contributed by atoms with Gasteiger partial charge in [0.15, 0.2) is 5.16 Å². The molecule has 3 amide bonds. The molecule has 2 rings (SSSR count). The Morgan fingerprint density at radius 3 is 2.81 bits per heavy atom. The molecule has 1 heterocycles. The standard InChI is InChI=1S/C13H14N4O3S/c1-7-3-4-9-8(5-7)11(19)17(2)13(15-9)21-6-10(18)16-12(14)20/h3-5H,6H2,1-2H3,(H3,14,16,18,20). The van der Waals surface area contributed by atoms with Gasteiger partial charge in [0.1, 0.15) is 0 Å². The Morgan fingerprint density at radius 1 is 1.43 bits per heavy atom. The van der Waals surface area contributed by atoms with Crippen molar-refractivity contribution >= 4 is 34.6 Å². The van der Waals surface area contributed by atoms with Gasteiger partial charge in [-0.1, -0.05) is 23.4 Å². The zero-order chi connectivity index (χ0) is 15.6. The lowest BCUT2D eigenvalue weighted by atomic mass is 10.2. The molecule has 0 aliphatic heterocycles. The molecule has 8 heteroatoms. The van der Waals surface area contributed by atoms with Crippen LogP contribution in [0.1, 0.15) is 5.56 Å². The van der Waals surface area contributed by atoms with Crippen LogP contribution in [-0.4, -0.2) is 27.2 Å². The van der Waals surface area contributed by atoms with E-state index in [1.165, 1.54) is 4.57 Å². The number of fused-ring (bicyclic) bond motifs is 1. The SMILES string of the molecule is Cc1ccc2nc(SCC(=O)NC(N)=O)n(C)c(=O)c2c1. The van der Waals surface area contributed by atoms with E-state index >= 15 is 0 Å². The molecular weight excluding hydrogens is 292 g/mol. The first-order chi connectivity index (χ1) is 9.88. The average Bonchev–Trinajstić information content (AvgIpc) is 2.41. The largest absolute Gasteiger partial charge is 0.351 e. The van der Waals surface area contributed by atoms with E-state index in [9.17, 15) is 14.4 Å². The van der Waals surface area contributed by atoms with Gasteiger partial charge in [0, 0.05) is 7.05 Å². The summed E-state index contributed by atoms with van der Waals surface area (Å²) in [5.74, 6) is -0.591. The van der Waals surface area contributed by atoms with Crippen molar-refractivity contribution in [1.29, 1.82) is 0 Å². The fraction of sp³-hybridized carbons (Fsp3) is 0.231. The number of amides is 3. The van der Waals surface area contributed by atoms with Gasteiger partial charge in [-0.25, -0.2) is 9.78 Å². The third-order valence-electron chi connectivity index (χ3n) is 2.79. The smallest absolute Gasteiger partial charge is 0.318 e. The number of aryl methyl sites for hydroxylation is 1. The van der Waals surface area contributed by atoms with Crippen molar-refractivity contribution < 1.29 is 9.59 Å². The first-order valence-electron chi connectivity index (χ1n) is 6.08. The molecule has 3 N–H and O–H groups in total. The summed E-state index contributed by atoms with van der Waals surface area (Å²) in [6.45, 7) is 1.90. The van der Waals surface area contributed by atoms with Crippen LogP contribution in [0, 0.1) is 6.92 Å². The summed E-state index contributed by atoms with van der Waals surface area (Å²) in [6.07, 6.45) is 0. The molecule has 0 atom stereocenters. The molecule has 0 fully saturated rings. The number of primary amides is 1. The maximum atomic E-state index is 12.3. The maximum Gasteiger partial charge on any atom is 0.318 e. The van der Waals surface area contributed by atoms with Gasteiger partial charge in [-0.2, -0.15) is 0 Å². The summed E-state index contributed by atoms with van der Waals surface area (Å²) >= 11 is 1.06. The lowest BCUT2D eigenvalue weighted by Gasteiger charge is -2.08. The number of rotatable bonds is 3. The molecule has 0 bridgehead atoms. The van der Waals surface area contributed by atoms with Crippen LogP contribution in [0.15, 0.2) is 28.2 Å². The van der Waals surface area contributed by atoms with Gasteiger partial charge in [-0.3, -0.25) is 19.5 Å². The van der Waals surface area contributed by atoms with Crippen molar-refractivity contribution in [2.45, 2.75) is 12.1 Å². The van der Waals surface area contributed by atoms with Crippen LogP contribution in [0.25, 0.3) is 10.9 Å². The molecule has 1 aromatic carbocycles. The van der Waals surface area contributed by atoms with Crippen LogP contribution in [-0.2, 0) is 11.8 Å². The van der Waals surface area contributed by atoms with Crippen molar-refractivity contribution in [2.75, 3.05) is 5.75 Å². The topological polar surface area (TPSA) is 107 Å². The first-order valence-corrected chi connectivity index (χ1v) is 7.06. The number of hydrogen-bond acceptors (Lipinski definition) is 5. The molecule has 7 nitrogen and oxygen atoms in total. The van der Waals surface area contributed by atoms with Gasteiger partial charge >= 0.3 is 6.03 Å². The monoisotopic (exact) mass is 306 g/mol. The zero-order valence-electron chi connectivity index (χ0n) is 11.5. The molecule has 0 saturated heterocycles. The summed E-state index contributed by atoms with van der Waals surface area (Å²) in [5.41, 5.74) is 6.22. The molecule has 0 aliphatic rings. The fourth-order valence-electron chi connectivity index (χ4n) is 1.80. The van der Waals surface area contributed by atoms with Gasteiger partial charge in [-0.05, 0) is 19.1 Å². The van der Waals surface area contributed by atoms with E-state index in [2.05, 4.69) is 4.98 Å². The molecule has 21 heavy (non-hydrogen) atoms. The summed E-state index contributed by atoms with van der Waals surface area (Å²) < 4.78 is 1.38. The number of nitrogens with one attached hydrogen (secondary N) is 1. The lowest BCUT2D eigenvalue weighted by molar-refractivity contribution is -0.117. The molecule has 0 saturated carbocycles. The van der Waals surface area contributed by atoms with Crippen molar-refractivity contribution in [1.82, 2.24) is 14.9 Å². The Balaban J connectivity index is 2.31. The summed E-state index contributed by atoms with van der Waals surface area (Å²) in [7, 11) is 1.59. The molecule has 2 aromatic rings. The molecule has 0 radical (unpaired) electrons. The van der Waals surface area contributed by atoms with E-state index in [-0.39, 0.29) is 11.3 Å². The minimum absolute atomic E-state index is 0.0550. The molecule has 0 unspecified atom stereocenters. The Hall–Kier alpha value is -2.35. The number of urea groups is 1. The van der Waals surface area contributed by atoms with E-state index in [4.69, 9.17) is 5.73 Å². The highest BCUT2D eigenvalue weighted by Crippen LogP contribution is 2.17. The number of imide groups is 1. The first kappa shape index (κ1) is 15.0. The number of benzene rings is 1. The van der Waals surface area contributed by atoms with Gasteiger partial charge in [0.25, 0.3) is 5.56 Å². The van der Waals surface area contributed by atoms with Crippen LogP contribution < -0.4 is 16.6 Å². The summed E-state index contributed by atoms with van der Waals surface area (Å²) in [6, 6.07) is 4.50. The van der Waals surface area contributed by atoms with Gasteiger partial charge in [-0.15, -0.1) is 0 Å². The Kier molecular flexibility index (Phi) is 4.27. The Bertz CT molecular complexity index is 785. The zero-order valence-corrected chi connectivity index (χ0v) is 12.4. The minimum Gasteiger partial charge on any atom is -0.351 e. The summed E-state index contributed by atoms with van der Waals surface area (Å²) in [5, 5.41) is 2.89. The second kappa shape index (κ2) is 5.96. The van der Waals surface area contributed by atoms with E-state index in [0.29, 0.717) is 16.1 Å². The van der Waals surface area contributed by atoms with Crippen molar-refractivity contribution in [3.63, 3.8) is 0 Å². The predicted molar refractivity (Wildman–Crippen MR) is 80.2 cm³/mol. The van der Waals surface area contributed by atoms with E-state index < -0.39 is 11.9 Å². The minimum atomic E-state index is -0.906. The average molecular weight is 306 g/mol. The van der Waals surface area contributed by atoms with Crippen molar-refractivity contribution in [3.05, 3.63) is 34.1 Å². The number of nitrogens with two attached hydrogens (primary N) is 1. The Morgan fingerprint density at radius 2 is 2.14 bits per heavy atom. The van der Waals surface area contributed by atoms with Gasteiger partial charge in [0.2, 0.25) is 5.91 Å². The predicted octanol–water partition coefficient (Wildman–Crippen LogP) is 0.529. The number of carbonyl (C=O) groups is 2. The quantitative estimate of drug-likeness (QED) is 0.635. The molecule has 110 valence electrons. The number of nitrogens with zero attached hydrogens (tertiary/aromatic N) is 2. The third-order valence-corrected chi connectivity index (χ3v) is 3.81. The molecular formula is C13H14N4O3S. The highest BCUT2D eigenvalue weighted by Gasteiger charge is 2.11. The van der Waals surface area contributed by atoms with Gasteiger partial charge < -0.3 is 5.73 Å². The van der Waals surface area contributed by atoms with Crippen molar-refractivity contribution in [2.24, 2.45) is 12.8 Å². The van der Waals surface area contributed by atoms with E-state index in [0.717, 1.165) is 17.3 Å². The Labute approximate surface area is 124 Å². The van der Waals surface area contributed by atoms with E-state index in [1.54, 1.807) is 19.2 Å². The fourth-order valence-corrected chi connectivity index (χ4v) is 2.57. The normalized spacial score (nSPS) is 10.6. The van der Waals surface area contributed by atoms with Crippen molar-refractivity contribution in [3.8, 4) is 0 Å². The van der Waals surface area contributed by atoms with Gasteiger partial charge in [0.05, 0.1) is 16.7 Å². The summed E-state index contributed by atoms with van der Waals surface area (Å²) in [4.78, 5) is 38.6. The molecule has 1 aromatic heterocycles. The van der Waals surface area contributed by atoms with Crippen LogP contribution in [0.3, 0.4) is 0 Å². The number of hydrogen-bond donors (Lipinski definition) is 2. The van der Waals surface area contributed by atoms with Crippen LogP contribution >= 0.6 is 11.8 Å². The second-order valence-electron chi connectivity index (χ2n) is 4.48. The van der Waals surface area contributed by atoms with Crippen LogP contribution in [0.2, 0.25) is 0 Å². The lowest BCUT2D eigenvalue weighted by Crippen LogP contribution is -2.36. The van der Waals surface area contributed by atoms with E-state index in [1.807, 2.05) is 18.3 Å². The molecule has 0 aliphatic carbocycles.